The number of aryl methyl sites for hydroxylation is 1. The van der Waals surface area contributed by atoms with Crippen molar-refractivity contribution in [2.24, 2.45) is 7.05 Å². The molecule has 0 aliphatic rings. The Balaban J connectivity index is 1.97. The first-order valence-corrected chi connectivity index (χ1v) is 6.74. The van der Waals surface area contributed by atoms with Gasteiger partial charge in [-0.1, -0.05) is 0 Å². The van der Waals surface area contributed by atoms with E-state index >= 15 is 0 Å². The van der Waals surface area contributed by atoms with Crippen LogP contribution in [-0.2, 0) is 13.5 Å². The molecule has 5 heteroatoms. The molecule has 4 nitrogen and oxygen atoms in total. The van der Waals surface area contributed by atoms with Gasteiger partial charge < -0.3 is 15.6 Å². The average molecular weight is 263 g/mol. The molecule has 2 heterocycles. The summed E-state index contributed by atoms with van der Waals surface area (Å²) in [4.78, 5) is 12.0. The van der Waals surface area contributed by atoms with Gasteiger partial charge in [0.15, 0.2) is 0 Å². The van der Waals surface area contributed by atoms with Gasteiger partial charge in [0, 0.05) is 19.3 Å². The SMILES string of the molecule is CC(Cc1ccsc1)NC(=O)c1cc(N)cn1C. The first-order chi connectivity index (χ1) is 8.56. The Morgan fingerprint density at radius 2 is 2.39 bits per heavy atom. The number of nitrogens with two attached hydrogens (primary N) is 1. The summed E-state index contributed by atoms with van der Waals surface area (Å²) in [5.41, 5.74) is 8.10. The van der Waals surface area contributed by atoms with Crippen molar-refractivity contribution in [3.8, 4) is 0 Å². The predicted molar refractivity (Wildman–Crippen MR) is 74.8 cm³/mol. The van der Waals surface area contributed by atoms with Crippen LogP contribution in [0.1, 0.15) is 23.0 Å². The summed E-state index contributed by atoms with van der Waals surface area (Å²) in [5, 5.41) is 7.12. The van der Waals surface area contributed by atoms with E-state index in [2.05, 4.69) is 16.8 Å². The molecule has 1 atom stereocenters. The van der Waals surface area contributed by atoms with Gasteiger partial charge in [0.05, 0.1) is 5.69 Å². The summed E-state index contributed by atoms with van der Waals surface area (Å²) >= 11 is 1.67. The first kappa shape index (κ1) is 12.7. The smallest absolute Gasteiger partial charge is 0.268 e. The number of nitrogens with one attached hydrogen (secondary N) is 1. The van der Waals surface area contributed by atoms with Crippen molar-refractivity contribution >= 4 is 22.9 Å². The van der Waals surface area contributed by atoms with Gasteiger partial charge in [0.2, 0.25) is 0 Å². The molecule has 1 amide bonds. The summed E-state index contributed by atoms with van der Waals surface area (Å²) in [6.07, 6.45) is 2.58. The van der Waals surface area contributed by atoms with Crippen LogP contribution in [0, 0.1) is 0 Å². The molecule has 0 aliphatic heterocycles. The van der Waals surface area contributed by atoms with Crippen molar-refractivity contribution < 1.29 is 4.79 Å². The zero-order valence-electron chi connectivity index (χ0n) is 10.5. The number of anilines is 1. The first-order valence-electron chi connectivity index (χ1n) is 5.80. The normalized spacial score (nSPS) is 12.3. The lowest BCUT2D eigenvalue weighted by Gasteiger charge is -2.13. The molecule has 2 aromatic rings. The Hall–Kier alpha value is -1.75. The van der Waals surface area contributed by atoms with Gasteiger partial charge in [0.1, 0.15) is 5.69 Å². The molecule has 0 saturated heterocycles. The lowest BCUT2D eigenvalue weighted by atomic mass is 10.1. The van der Waals surface area contributed by atoms with E-state index in [0.29, 0.717) is 11.4 Å². The van der Waals surface area contributed by atoms with Crippen molar-refractivity contribution in [1.29, 1.82) is 0 Å². The van der Waals surface area contributed by atoms with Crippen LogP contribution >= 0.6 is 11.3 Å². The molecule has 0 saturated carbocycles. The lowest BCUT2D eigenvalue weighted by Crippen LogP contribution is -2.34. The van der Waals surface area contributed by atoms with Crippen molar-refractivity contribution in [1.82, 2.24) is 9.88 Å². The molecule has 0 bridgehead atoms. The molecule has 1 unspecified atom stereocenters. The van der Waals surface area contributed by atoms with E-state index < -0.39 is 0 Å². The molecule has 18 heavy (non-hydrogen) atoms. The number of amides is 1. The number of nitrogen functional groups attached to an aromatic ring is 1. The Morgan fingerprint density at radius 1 is 1.61 bits per heavy atom. The van der Waals surface area contributed by atoms with Gasteiger partial charge >= 0.3 is 0 Å². The van der Waals surface area contributed by atoms with Crippen LogP contribution in [-0.4, -0.2) is 16.5 Å². The van der Waals surface area contributed by atoms with Gasteiger partial charge in [0.25, 0.3) is 5.91 Å². The minimum Gasteiger partial charge on any atom is -0.397 e. The van der Waals surface area contributed by atoms with Gasteiger partial charge in [-0.15, -0.1) is 0 Å². The second-order valence-corrected chi connectivity index (χ2v) is 5.26. The quantitative estimate of drug-likeness (QED) is 0.886. The van der Waals surface area contributed by atoms with Crippen LogP contribution in [0.25, 0.3) is 0 Å². The highest BCUT2D eigenvalue weighted by Gasteiger charge is 2.13. The lowest BCUT2D eigenvalue weighted by molar-refractivity contribution is 0.0932. The molecular weight excluding hydrogens is 246 g/mol. The Kier molecular flexibility index (Phi) is 3.72. The molecule has 0 fully saturated rings. The van der Waals surface area contributed by atoms with E-state index in [1.807, 2.05) is 19.4 Å². The standard InChI is InChI=1S/C13H17N3OS/c1-9(5-10-3-4-18-8-10)15-13(17)12-6-11(14)7-16(12)2/h3-4,6-9H,5,14H2,1-2H3,(H,15,17). The topological polar surface area (TPSA) is 60.1 Å². The van der Waals surface area contributed by atoms with E-state index in [4.69, 9.17) is 5.73 Å². The third-order valence-corrected chi connectivity index (χ3v) is 3.49. The van der Waals surface area contributed by atoms with Crippen LogP contribution < -0.4 is 11.1 Å². The van der Waals surface area contributed by atoms with E-state index in [-0.39, 0.29) is 11.9 Å². The van der Waals surface area contributed by atoms with E-state index in [1.165, 1.54) is 5.56 Å². The van der Waals surface area contributed by atoms with Crippen LogP contribution in [0.3, 0.4) is 0 Å². The second kappa shape index (κ2) is 5.27. The summed E-state index contributed by atoms with van der Waals surface area (Å²) in [5.74, 6) is -0.0862. The second-order valence-electron chi connectivity index (χ2n) is 4.48. The van der Waals surface area contributed by atoms with E-state index in [1.54, 1.807) is 28.2 Å². The van der Waals surface area contributed by atoms with Crippen molar-refractivity contribution in [2.45, 2.75) is 19.4 Å². The minimum absolute atomic E-state index is 0.0862. The number of carbonyl (C=O) groups excluding carboxylic acids is 1. The summed E-state index contributed by atoms with van der Waals surface area (Å²) < 4.78 is 1.74. The highest BCUT2D eigenvalue weighted by atomic mass is 32.1. The monoisotopic (exact) mass is 263 g/mol. The van der Waals surface area contributed by atoms with Gasteiger partial charge in [-0.3, -0.25) is 4.79 Å². The molecular formula is C13H17N3OS. The fourth-order valence-electron chi connectivity index (χ4n) is 1.93. The molecule has 3 N–H and O–H groups in total. The number of thiophene rings is 1. The van der Waals surface area contributed by atoms with Gasteiger partial charge in [-0.25, -0.2) is 0 Å². The van der Waals surface area contributed by atoms with Crippen molar-refractivity contribution in [3.63, 3.8) is 0 Å². The van der Waals surface area contributed by atoms with Crippen LogP contribution in [0.5, 0.6) is 0 Å². The molecule has 0 radical (unpaired) electrons. The average Bonchev–Trinajstić information content (AvgIpc) is 2.88. The maximum atomic E-state index is 12.0. The molecule has 0 spiro atoms. The number of rotatable bonds is 4. The summed E-state index contributed by atoms with van der Waals surface area (Å²) in [7, 11) is 1.81. The molecule has 0 aromatic carbocycles. The molecule has 0 aliphatic carbocycles. The fourth-order valence-corrected chi connectivity index (χ4v) is 2.61. The largest absolute Gasteiger partial charge is 0.397 e. The number of hydrogen-bond acceptors (Lipinski definition) is 3. The highest BCUT2D eigenvalue weighted by Crippen LogP contribution is 2.11. The minimum atomic E-state index is -0.0862. The highest BCUT2D eigenvalue weighted by molar-refractivity contribution is 7.07. The predicted octanol–water partition coefficient (Wildman–Crippen LogP) is 2.03. The van der Waals surface area contributed by atoms with Crippen LogP contribution in [0.15, 0.2) is 29.1 Å². The third-order valence-electron chi connectivity index (χ3n) is 2.76. The third kappa shape index (κ3) is 2.92. The molecule has 2 aromatic heterocycles. The fraction of sp³-hybridized carbons (Fsp3) is 0.308. The Bertz CT molecular complexity index is 530. The summed E-state index contributed by atoms with van der Waals surface area (Å²) in [6.45, 7) is 2.00. The van der Waals surface area contributed by atoms with Crippen LogP contribution in [0.4, 0.5) is 5.69 Å². The number of nitrogens with zero attached hydrogens (tertiary/aromatic N) is 1. The van der Waals surface area contributed by atoms with E-state index in [0.717, 1.165) is 6.42 Å². The zero-order chi connectivity index (χ0) is 13.1. The maximum absolute atomic E-state index is 12.0. The number of aromatic nitrogens is 1. The Morgan fingerprint density at radius 3 is 2.94 bits per heavy atom. The molecule has 96 valence electrons. The number of carbonyl (C=O) groups is 1. The maximum Gasteiger partial charge on any atom is 0.268 e. The van der Waals surface area contributed by atoms with Crippen molar-refractivity contribution in [2.75, 3.05) is 5.73 Å². The van der Waals surface area contributed by atoms with E-state index in [9.17, 15) is 4.79 Å². The molecule has 2 rings (SSSR count). The zero-order valence-corrected chi connectivity index (χ0v) is 11.3. The van der Waals surface area contributed by atoms with Crippen LogP contribution in [0.2, 0.25) is 0 Å². The van der Waals surface area contributed by atoms with Gasteiger partial charge in [-0.05, 0) is 41.8 Å². The Labute approximate surface area is 110 Å². The van der Waals surface area contributed by atoms with Gasteiger partial charge in [-0.2, -0.15) is 11.3 Å². The number of hydrogen-bond donors (Lipinski definition) is 2. The van der Waals surface area contributed by atoms with Crippen molar-refractivity contribution in [3.05, 3.63) is 40.3 Å². The summed E-state index contributed by atoms with van der Waals surface area (Å²) in [6, 6.07) is 3.86.